The van der Waals surface area contributed by atoms with Gasteiger partial charge in [0.15, 0.2) is 0 Å². The van der Waals surface area contributed by atoms with Gasteiger partial charge in [-0.2, -0.15) is 17.0 Å². The quantitative estimate of drug-likeness (QED) is 0.744. The highest BCUT2D eigenvalue weighted by Gasteiger charge is 2.40. The Hall–Kier alpha value is -1.19. The van der Waals surface area contributed by atoms with Crippen LogP contribution in [0.15, 0.2) is 0 Å². The van der Waals surface area contributed by atoms with Crippen LogP contribution in [0.4, 0.5) is 0 Å². The Morgan fingerprint density at radius 1 is 0.960 bits per heavy atom. The number of amides is 2. The third-order valence-corrected chi connectivity index (χ3v) is 7.68. The fourth-order valence-corrected chi connectivity index (χ4v) is 5.81. The summed E-state index contributed by atoms with van der Waals surface area (Å²) >= 11 is 0. The first kappa shape index (κ1) is 18.6. The molecule has 2 amide bonds. The van der Waals surface area contributed by atoms with E-state index >= 15 is 0 Å². The Morgan fingerprint density at radius 2 is 1.52 bits per heavy atom. The number of nitrogens with two attached hydrogens (primary N) is 1. The number of piperidine rings is 1. The standard InChI is InChI=1S/C16H28N4O4S/c17-16(22)13-11-15(21)20(12-13)14-5-9-19(10-6-14)25(23,24)18-7-3-1-2-4-8-18/h13-14H,1-12H2,(H2,17,22). The van der Waals surface area contributed by atoms with E-state index in [0.717, 1.165) is 25.7 Å². The maximum absolute atomic E-state index is 12.8. The molecular weight excluding hydrogens is 344 g/mol. The van der Waals surface area contributed by atoms with Gasteiger partial charge in [-0.25, -0.2) is 0 Å². The Morgan fingerprint density at radius 3 is 2.04 bits per heavy atom. The summed E-state index contributed by atoms with van der Waals surface area (Å²) in [6.07, 6.45) is 5.44. The van der Waals surface area contributed by atoms with E-state index in [2.05, 4.69) is 0 Å². The minimum Gasteiger partial charge on any atom is -0.369 e. The normalized spacial score (nSPS) is 28.2. The van der Waals surface area contributed by atoms with Gasteiger partial charge in [-0.1, -0.05) is 12.8 Å². The maximum atomic E-state index is 12.8. The molecule has 25 heavy (non-hydrogen) atoms. The van der Waals surface area contributed by atoms with Gasteiger partial charge in [-0.15, -0.1) is 0 Å². The molecule has 3 rings (SSSR count). The van der Waals surface area contributed by atoms with Crippen molar-refractivity contribution in [3.8, 4) is 0 Å². The molecule has 8 nitrogen and oxygen atoms in total. The summed E-state index contributed by atoms with van der Waals surface area (Å²) in [4.78, 5) is 25.2. The number of hydrogen-bond acceptors (Lipinski definition) is 4. The molecule has 3 heterocycles. The molecule has 0 aliphatic carbocycles. The summed E-state index contributed by atoms with van der Waals surface area (Å²) in [5.74, 6) is -0.888. The average Bonchev–Trinajstić information content (AvgIpc) is 2.80. The van der Waals surface area contributed by atoms with Crippen LogP contribution in [-0.2, 0) is 19.8 Å². The Balaban J connectivity index is 1.58. The molecule has 9 heteroatoms. The lowest BCUT2D eigenvalue weighted by Crippen LogP contribution is -2.51. The molecule has 2 N–H and O–H groups in total. The van der Waals surface area contributed by atoms with E-state index in [0.29, 0.717) is 45.6 Å². The molecule has 3 fully saturated rings. The molecular formula is C16H28N4O4S. The van der Waals surface area contributed by atoms with Crippen LogP contribution in [0, 0.1) is 5.92 Å². The van der Waals surface area contributed by atoms with E-state index in [-0.39, 0.29) is 18.4 Å². The van der Waals surface area contributed by atoms with Gasteiger partial charge in [0.25, 0.3) is 10.2 Å². The second-order valence-electron chi connectivity index (χ2n) is 7.30. The lowest BCUT2D eigenvalue weighted by Gasteiger charge is -2.38. The zero-order valence-electron chi connectivity index (χ0n) is 14.6. The molecule has 0 aromatic carbocycles. The number of nitrogens with zero attached hydrogens (tertiary/aromatic N) is 3. The van der Waals surface area contributed by atoms with Crippen molar-refractivity contribution in [2.75, 3.05) is 32.7 Å². The zero-order chi connectivity index (χ0) is 18.0. The van der Waals surface area contributed by atoms with Crippen LogP contribution < -0.4 is 5.73 Å². The highest BCUT2D eigenvalue weighted by atomic mass is 32.2. The van der Waals surface area contributed by atoms with Gasteiger partial charge in [0.2, 0.25) is 11.8 Å². The SMILES string of the molecule is NC(=O)C1CC(=O)N(C2CCN(S(=O)(=O)N3CCCCCC3)CC2)C1. The molecule has 1 atom stereocenters. The molecule has 3 aliphatic rings. The molecule has 3 aliphatic heterocycles. The lowest BCUT2D eigenvalue weighted by molar-refractivity contribution is -0.130. The van der Waals surface area contributed by atoms with Crippen molar-refractivity contribution in [1.29, 1.82) is 0 Å². The molecule has 0 bridgehead atoms. The van der Waals surface area contributed by atoms with Crippen LogP contribution >= 0.6 is 0 Å². The van der Waals surface area contributed by atoms with Crippen LogP contribution in [0.1, 0.15) is 44.9 Å². The number of rotatable bonds is 4. The van der Waals surface area contributed by atoms with Crippen LogP contribution in [0.5, 0.6) is 0 Å². The van der Waals surface area contributed by atoms with Crippen molar-refractivity contribution in [1.82, 2.24) is 13.5 Å². The minimum absolute atomic E-state index is 0.00688. The van der Waals surface area contributed by atoms with Gasteiger partial charge in [-0.05, 0) is 25.7 Å². The van der Waals surface area contributed by atoms with Crippen molar-refractivity contribution in [3.05, 3.63) is 0 Å². The predicted molar refractivity (Wildman–Crippen MR) is 92.6 cm³/mol. The highest BCUT2D eigenvalue weighted by Crippen LogP contribution is 2.27. The summed E-state index contributed by atoms with van der Waals surface area (Å²) < 4.78 is 28.8. The summed E-state index contributed by atoms with van der Waals surface area (Å²) in [5, 5.41) is 0. The highest BCUT2D eigenvalue weighted by molar-refractivity contribution is 7.86. The second-order valence-corrected chi connectivity index (χ2v) is 9.23. The van der Waals surface area contributed by atoms with Gasteiger partial charge in [0, 0.05) is 45.2 Å². The molecule has 3 saturated heterocycles. The smallest absolute Gasteiger partial charge is 0.281 e. The molecule has 142 valence electrons. The van der Waals surface area contributed by atoms with Crippen LogP contribution in [-0.4, -0.2) is 72.5 Å². The second kappa shape index (κ2) is 7.59. The first-order chi connectivity index (χ1) is 11.9. The summed E-state index contributed by atoms with van der Waals surface area (Å²) in [6.45, 7) is 2.43. The Kier molecular flexibility index (Phi) is 5.65. The van der Waals surface area contributed by atoms with E-state index in [1.165, 1.54) is 0 Å². The van der Waals surface area contributed by atoms with E-state index in [9.17, 15) is 18.0 Å². The van der Waals surface area contributed by atoms with Crippen LogP contribution in [0.3, 0.4) is 0 Å². The number of carbonyl (C=O) groups is 2. The molecule has 0 aromatic rings. The topological polar surface area (TPSA) is 104 Å². The summed E-state index contributed by atoms with van der Waals surface area (Å²) in [5.41, 5.74) is 5.32. The van der Waals surface area contributed by atoms with Crippen molar-refractivity contribution in [2.24, 2.45) is 11.7 Å². The third-order valence-electron chi connectivity index (χ3n) is 5.64. The summed E-state index contributed by atoms with van der Waals surface area (Å²) in [7, 11) is -3.40. The van der Waals surface area contributed by atoms with Crippen molar-refractivity contribution >= 4 is 22.0 Å². The van der Waals surface area contributed by atoms with E-state index in [1.54, 1.807) is 13.5 Å². The minimum atomic E-state index is -3.40. The van der Waals surface area contributed by atoms with Gasteiger partial charge in [-0.3, -0.25) is 9.59 Å². The zero-order valence-corrected chi connectivity index (χ0v) is 15.4. The van der Waals surface area contributed by atoms with Gasteiger partial charge < -0.3 is 10.6 Å². The molecule has 0 spiro atoms. The van der Waals surface area contributed by atoms with Crippen LogP contribution in [0.25, 0.3) is 0 Å². The van der Waals surface area contributed by atoms with E-state index in [4.69, 9.17) is 5.73 Å². The molecule has 0 saturated carbocycles. The predicted octanol–water partition coefficient (Wildman–Crippen LogP) is -0.0946. The fraction of sp³-hybridized carbons (Fsp3) is 0.875. The van der Waals surface area contributed by atoms with Crippen molar-refractivity contribution < 1.29 is 18.0 Å². The number of hydrogen-bond donors (Lipinski definition) is 1. The number of carbonyl (C=O) groups excluding carboxylic acids is 2. The maximum Gasteiger partial charge on any atom is 0.281 e. The van der Waals surface area contributed by atoms with Crippen molar-refractivity contribution in [3.63, 3.8) is 0 Å². The Bertz CT molecular complexity index is 608. The van der Waals surface area contributed by atoms with Gasteiger partial charge in [0.1, 0.15) is 0 Å². The number of primary amides is 1. The first-order valence-corrected chi connectivity index (χ1v) is 10.6. The first-order valence-electron chi connectivity index (χ1n) is 9.23. The van der Waals surface area contributed by atoms with Crippen molar-refractivity contribution in [2.45, 2.75) is 51.0 Å². The molecule has 0 radical (unpaired) electrons. The van der Waals surface area contributed by atoms with E-state index in [1.807, 2.05) is 0 Å². The molecule has 0 aromatic heterocycles. The largest absolute Gasteiger partial charge is 0.369 e. The van der Waals surface area contributed by atoms with Gasteiger partial charge in [0.05, 0.1) is 5.92 Å². The lowest BCUT2D eigenvalue weighted by atomic mass is 10.1. The monoisotopic (exact) mass is 372 g/mol. The van der Waals surface area contributed by atoms with Crippen LogP contribution in [0.2, 0.25) is 0 Å². The average molecular weight is 372 g/mol. The molecule has 1 unspecified atom stereocenters. The van der Waals surface area contributed by atoms with Gasteiger partial charge >= 0.3 is 0 Å². The number of likely N-dealkylation sites (tertiary alicyclic amines) is 1. The fourth-order valence-electron chi connectivity index (χ4n) is 4.10. The third kappa shape index (κ3) is 3.98. The Labute approximate surface area is 149 Å². The van der Waals surface area contributed by atoms with E-state index < -0.39 is 22.0 Å². The summed E-state index contributed by atoms with van der Waals surface area (Å²) in [6, 6.07) is 0.00688.